The number of aliphatic carboxylic acids is 1. The number of benzene rings is 2. The molecular weight excluding hydrogens is 270 g/mol. The summed E-state index contributed by atoms with van der Waals surface area (Å²) < 4.78 is 11.1. The van der Waals surface area contributed by atoms with E-state index in [9.17, 15) is 4.79 Å². The lowest BCUT2D eigenvalue weighted by atomic mass is 10.3. The summed E-state index contributed by atoms with van der Waals surface area (Å²) in [5, 5.41) is 11.6. The molecule has 5 heteroatoms. The molecule has 2 aromatic carbocycles. The first kappa shape index (κ1) is 14.9. The summed E-state index contributed by atoms with van der Waals surface area (Å²) in [6, 6.07) is 15.8. The van der Waals surface area contributed by atoms with Crippen LogP contribution in [0, 0.1) is 0 Å². The average molecular weight is 287 g/mol. The van der Waals surface area contributed by atoms with Crippen molar-refractivity contribution in [3.8, 4) is 17.2 Å². The molecule has 2 N–H and O–H groups in total. The van der Waals surface area contributed by atoms with Crippen LogP contribution in [0.1, 0.15) is 0 Å². The molecule has 0 bridgehead atoms. The van der Waals surface area contributed by atoms with Crippen LogP contribution in [-0.4, -0.2) is 30.8 Å². The Balaban J connectivity index is 1.91. The molecule has 0 spiro atoms. The second-order valence-corrected chi connectivity index (χ2v) is 4.38. The molecule has 1 unspecified atom stereocenters. The summed E-state index contributed by atoms with van der Waals surface area (Å²) in [6.07, 6.45) is 0. The van der Waals surface area contributed by atoms with E-state index in [1.807, 2.05) is 30.3 Å². The largest absolute Gasteiger partial charge is 0.491 e. The van der Waals surface area contributed by atoms with Crippen LogP contribution in [0.5, 0.6) is 17.2 Å². The summed E-state index contributed by atoms with van der Waals surface area (Å²) in [5.41, 5.74) is 0. The van der Waals surface area contributed by atoms with E-state index in [0.29, 0.717) is 11.5 Å². The van der Waals surface area contributed by atoms with Crippen LogP contribution < -0.4 is 14.8 Å². The van der Waals surface area contributed by atoms with Crippen LogP contribution in [0.4, 0.5) is 0 Å². The van der Waals surface area contributed by atoms with Gasteiger partial charge in [-0.15, -0.1) is 0 Å². The lowest BCUT2D eigenvalue weighted by Gasteiger charge is -2.13. The minimum absolute atomic E-state index is 0.0602. The van der Waals surface area contributed by atoms with E-state index in [0.717, 1.165) is 5.75 Å². The molecule has 0 fully saturated rings. The third-order valence-electron chi connectivity index (χ3n) is 2.87. The first-order valence-corrected chi connectivity index (χ1v) is 6.55. The van der Waals surface area contributed by atoms with Crippen LogP contribution in [0.15, 0.2) is 54.6 Å². The molecule has 0 radical (unpaired) electrons. The first-order valence-electron chi connectivity index (χ1n) is 6.55. The number of carboxylic acid groups (broad SMARTS) is 1. The summed E-state index contributed by atoms with van der Waals surface area (Å²) in [5.74, 6) is 1.10. The standard InChI is InChI=1S/C16H17NO4/c1-17-15(16(18)19)11-20-12-7-9-14(10-8-12)21-13-5-3-2-4-6-13/h2-10,15,17H,11H2,1H3,(H,18,19). The topological polar surface area (TPSA) is 67.8 Å². The average Bonchev–Trinajstić information content (AvgIpc) is 2.50. The number of carbonyl (C=O) groups is 1. The highest BCUT2D eigenvalue weighted by molar-refractivity contribution is 5.73. The molecule has 0 aromatic heterocycles. The number of rotatable bonds is 7. The maximum Gasteiger partial charge on any atom is 0.324 e. The van der Waals surface area contributed by atoms with Crippen molar-refractivity contribution < 1.29 is 19.4 Å². The Morgan fingerprint density at radius 2 is 1.62 bits per heavy atom. The van der Waals surface area contributed by atoms with Crippen molar-refractivity contribution in [3.05, 3.63) is 54.6 Å². The Labute approximate surface area is 123 Å². The van der Waals surface area contributed by atoms with Gasteiger partial charge in [-0.1, -0.05) is 18.2 Å². The molecule has 0 aliphatic heterocycles. The van der Waals surface area contributed by atoms with Crippen LogP contribution in [0.2, 0.25) is 0 Å². The van der Waals surface area contributed by atoms with E-state index in [1.54, 1.807) is 31.3 Å². The second-order valence-electron chi connectivity index (χ2n) is 4.38. The number of carboxylic acids is 1. The molecule has 110 valence electrons. The lowest BCUT2D eigenvalue weighted by Crippen LogP contribution is -2.39. The maximum atomic E-state index is 10.8. The van der Waals surface area contributed by atoms with E-state index >= 15 is 0 Å². The molecular formula is C16H17NO4. The van der Waals surface area contributed by atoms with Crippen molar-refractivity contribution in [2.45, 2.75) is 6.04 Å². The zero-order valence-electron chi connectivity index (χ0n) is 11.7. The summed E-state index contributed by atoms with van der Waals surface area (Å²) in [4.78, 5) is 10.8. The quantitative estimate of drug-likeness (QED) is 0.819. The molecule has 0 amide bonds. The normalized spacial score (nSPS) is 11.7. The van der Waals surface area contributed by atoms with Gasteiger partial charge < -0.3 is 19.9 Å². The fourth-order valence-corrected chi connectivity index (χ4v) is 1.69. The van der Waals surface area contributed by atoms with E-state index in [-0.39, 0.29) is 6.61 Å². The molecule has 21 heavy (non-hydrogen) atoms. The van der Waals surface area contributed by atoms with Crippen molar-refractivity contribution in [2.75, 3.05) is 13.7 Å². The van der Waals surface area contributed by atoms with Gasteiger partial charge in [0.15, 0.2) is 0 Å². The van der Waals surface area contributed by atoms with Gasteiger partial charge in [0.2, 0.25) is 0 Å². The van der Waals surface area contributed by atoms with E-state index in [1.165, 1.54) is 0 Å². The highest BCUT2D eigenvalue weighted by Gasteiger charge is 2.15. The number of hydrogen-bond donors (Lipinski definition) is 2. The van der Waals surface area contributed by atoms with Gasteiger partial charge in [0.05, 0.1) is 0 Å². The Hall–Kier alpha value is -2.53. The number of nitrogens with one attached hydrogen (secondary N) is 1. The van der Waals surface area contributed by atoms with Crippen molar-refractivity contribution in [1.29, 1.82) is 0 Å². The molecule has 0 saturated carbocycles. The number of ether oxygens (including phenoxy) is 2. The Kier molecular flexibility index (Phi) is 5.17. The van der Waals surface area contributed by atoms with Gasteiger partial charge in [0.25, 0.3) is 0 Å². The third-order valence-corrected chi connectivity index (χ3v) is 2.87. The molecule has 0 aliphatic rings. The predicted molar refractivity (Wildman–Crippen MR) is 78.9 cm³/mol. The van der Waals surface area contributed by atoms with Gasteiger partial charge in [-0.25, -0.2) is 0 Å². The smallest absolute Gasteiger partial charge is 0.324 e. The summed E-state index contributed by atoms with van der Waals surface area (Å²) >= 11 is 0. The number of hydrogen-bond acceptors (Lipinski definition) is 4. The van der Waals surface area contributed by atoms with Gasteiger partial charge >= 0.3 is 5.97 Å². The van der Waals surface area contributed by atoms with Crippen LogP contribution in [-0.2, 0) is 4.79 Å². The highest BCUT2D eigenvalue weighted by Crippen LogP contribution is 2.23. The van der Waals surface area contributed by atoms with E-state index in [4.69, 9.17) is 14.6 Å². The summed E-state index contributed by atoms with van der Waals surface area (Å²) in [7, 11) is 1.58. The minimum atomic E-state index is -0.943. The van der Waals surface area contributed by atoms with E-state index < -0.39 is 12.0 Å². The maximum absolute atomic E-state index is 10.8. The highest BCUT2D eigenvalue weighted by atomic mass is 16.5. The third kappa shape index (κ3) is 4.50. The number of likely N-dealkylation sites (N-methyl/N-ethyl adjacent to an activating group) is 1. The Morgan fingerprint density at radius 1 is 1.05 bits per heavy atom. The van der Waals surface area contributed by atoms with Crippen LogP contribution >= 0.6 is 0 Å². The minimum Gasteiger partial charge on any atom is -0.491 e. The second kappa shape index (κ2) is 7.31. The monoisotopic (exact) mass is 287 g/mol. The molecule has 0 saturated heterocycles. The Morgan fingerprint density at radius 3 is 2.19 bits per heavy atom. The van der Waals surface area contributed by atoms with Crippen molar-refractivity contribution in [1.82, 2.24) is 5.32 Å². The fourth-order valence-electron chi connectivity index (χ4n) is 1.69. The van der Waals surface area contributed by atoms with Crippen molar-refractivity contribution >= 4 is 5.97 Å². The molecule has 5 nitrogen and oxygen atoms in total. The van der Waals surface area contributed by atoms with Crippen molar-refractivity contribution in [3.63, 3.8) is 0 Å². The zero-order valence-corrected chi connectivity index (χ0v) is 11.7. The lowest BCUT2D eigenvalue weighted by molar-refractivity contribution is -0.140. The molecule has 1 atom stereocenters. The van der Waals surface area contributed by atoms with Gasteiger partial charge in [-0.2, -0.15) is 0 Å². The number of para-hydroxylation sites is 1. The predicted octanol–water partition coefficient (Wildman–Crippen LogP) is 2.53. The van der Waals surface area contributed by atoms with Crippen LogP contribution in [0.25, 0.3) is 0 Å². The first-order chi connectivity index (χ1) is 10.2. The Bertz CT molecular complexity index is 569. The van der Waals surface area contributed by atoms with Gasteiger partial charge in [0, 0.05) is 0 Å². The molecule has 0 aliphatic carbocycles. The van der Waals surface area contributed by atoms with Gasteiger partial charge in [-0.05, 0) is 43.4 Å². The SMILES string of the molecule is CNC(COc1ccc(Oc2ccccc2)cc1)C(=O)O. The van der Waals surface area contributed by atoms with Crippen molar-refractivity contribution in [2.24, 2.45) is 0 Å². The van der Waals surface area contributed by atoms with E-state index in [2.05, 4.69) is 5.32 Å². The van der Waals surface area contributed by atoms with Crippen LogP contribution in [0.3, 0.4) is 0 Å². The van der Waals surface area contributed by atoms with Gasteiger partial charge in [-0.3, -0.25) is 4.79 Å². The molecule has 2 rings (SSSR count). The summed E-state index contributed by atoms with van der Waals surface area (Å²) in [6.45, 7) is 0.0602. The zero-order chi connectivity index (χ0) is 15.1. The molecule has 0 heterocycles. The fraction of sp³-hybridized carbons (Fsp3) is 0.188. The molecule has 2 aromatic rings. The van der Waals surface area contributed by atoms with Gasteiger partial charge in [0.1, 0.15) is 29.9 Å².